The largest absolute Gasteiger partial charge is 0.384 e. The van der Waals surface area contributed by atoms with Crippen LogP contribution in [0.2, 0.25) is 0 Å². The molecule has 0 heterocycles. The van der Waals surface area contributed by atoms with Crippen LogP contribution in [0.25, 0.3) is 0 Å². The number of nitrogens with two attached hydrogens (primary N) is 1. The summed E-state index contributed by atoms with van der Waals surface area (Å²) >= 11 is 0. The molecular weight excluding hydrogens is 430 g/mol. The van der Waals surface area contributed by atoms with Crippen molar-refractivity contribution in [1.82, 2.24) is 4.72 Å². The van der Waals surface area contributed by atoms with Crippen LogP contribution in [0.5, 0.6) is 0 Å². The molecule has 3 rings (SSSR count). The quantitative estimate of drug-likeness (QED) is 0.211. The predicted octanol–water partition coefficient (Wildman–Crippen LogP) is 2.03. The van der Waals surface area contributed by atoms with E-state index in [4.69, 9.17) is 11.1 Å². The van der Waals surface area contributed by atoms with Gasteiger partial charge < -0.3 is 16.4 Å². The second-order valence-electron chi connectivity index (χ2n) is 6.74. The van der Waals surface area contributed by atoms with Crippen molar-refractivity contribution in [3.05, 3.63) is 90.0 Å². The van der Waals surface area contributed by atoms with Crippen LogP contribution in [0.1, 0.15) is 11.1 Å². The van der Waals surface area contributed by atoms with E-state index in [2.05, 4.69) is 15.4 Å². The number of benzene rings is 3. The number of nitrogen functional groups attached to an aromatic ring is 1. The fraction of sp³-hybridized carbons (Fsp3) is 0.0455. The Balaban J connectivity index is 1.65. The van der Waals surface area contributed by atoms with E-state index in [0.717, 1.165) is 5.56 Å². The second-order valence-corrected chi connectivity index (χ2v) is 8.51. The molecule has 6 N–H and O–H groups in total. The molecule has 32 heavy (non-hydrogen) atoms. The number of anilines is 2. The van der Waals surface area contributed by atoms with Crippen LogP contribution in [0.15, 0.2) is 83.8 Å². The van der Waals surface area contributed by atoms with Crippen LogP contribution >= 0.6 is 0 Å². The van der Waals surface area contributed by atoms with Crippen LogP contribution in [0.3, 0.4) is 0 Å². The Morgan fingerprint density at radius 2 is 1.41 bits per heavy atom. The first-order chi connectivity index (χ1) is 15.2. The van der Waals surface area contributed by atoms with E-state index < -0.39 is 21.8 Å². The van der Waals surface area contributed by atoms with E-state index in [1.165, 1.54) is 30.3 Å². The molecule has 3 aromatic carbocycles. The van der Waals surface area contributed by atoms with Crippen LogP contribution in [-0.2, 0) is 26.2 Å². The highest BCUT2D eigenvalue weighted by Gasteiger charge is 2.17. The van der Waals surface area contributed by atoms with Gasteiger partial charge in [0.1, 0.15) is 5.84 Å². The topological polar surface area (TPSA) is 154 Å². The van der Waals surface area contributed by atoms with Crippen molar-refractivity contribution in [3.63, 3.8) is 0 Å². The molecule has 9 nitrogen and oxygen atoms in total. The molecule has 0 aliphatic carbocycles. The molecule has 0 radical (unpaired) electrons. The lowest BCUT2D eigenvalue weighted by molar-refractivity contribution is -0.133. The van der Waals surface area contributed by atoms with Gasteiger partial charge in [-0.3, -0.25) is 15.0 Å². The molecule has 0 unspecified atom stereocenters. The minimum Gasteiger partial charge on any atom is -0.384 e. The number of hydrogen-bond acceptors (Lipinski definition) is 5. The summed E-state index contributed by atoms with van der Waals surface area (Å²) in [6.07, 6.45) is 0. The van der Waals surface area contributed by atoms with Gasteiger partial charge in [-0.15, -0.1) is 0 Å². The zero-order chi connectivity index (χ0) is 23.1. The van der Waals surface area contributed by atoms with Crippen molar-refractivity contribution < 1.29 is 18.0 Å². The van der Waals surface area contributed by atoms with E-state index in [9.17, 15) is 18.0 Å². The SMILES string of the molecule is N=C(N)c1cccc(NC(=O)C(=O)Nc2cccc(S(=O)(=O)NCc3ccccc3)c2)c1. The van der Waals surface area contributed by atoms with Gasteiger partial charge in [0.2, 0.25) is 10.0 Å². The Labute approximate surface area is 185 Å². The lowest BCUT2D eigenvalue weighted by atomic mass is 10.2. The third-order valence-corrected chi connectivity index (χ3v) is 5.75. The average Bonchev–Trinajstić information content (AvgIpc) is 2.79. The van der Waals surface area contributed by atoms with Gasteiger partial charge in [-0.05, 0) is 35.9 Å². The Kier molecular flexibility index (Phi) is 6.98. The van der Waals surface area contributed by atoms with Gasteiger partial charge in [-0.25, -0.2) is 13.1 Å². The van der Waals surface area contributed by atoms with Crippen molar-refractivity contribution in [2.45, 2.75) is 11.4 Å². The molecule has 3 aromatic rings. The van der Waals surface area contributed by atoms with Crippen LogP contribution in [-0.4, -0.2) is 26.1 Å². The number of carbonyl (C=O) groups excluding carboxylic acids is 2. The summed E-state index contributed by atoms with van der Waals surface area (Å²) < 4.78 is 27.6. The molecule has 10 heteroatoms. The minimum atomic E-state index is -3.83. The van der Waals surface area contributed by atoms with Crippen molar-refractivity contribution in [3.8, 4) is 0 Å². The fourth-order valence-corrected chi connectivity index (χ4v) is 3.80. The van der Waals surface area contributed by atoms with Gasteiger partial charge in [0.25, 0.3) is 0 Å². The Bertz CT molecular complexity index is 1260. The van der Waals surface area contributed by atoms with Crippen LogP contribution < -0.4 is 21.1 Å². The summed E-state index contributed by atoms with van der Waals surface area (Å²) in [6.45, 7) is 0.113. The number of amides is 2. The number of rotatable bonds is 7. The highest BCUT2D eigenvalue weighted by Crippen LogP contribution is 2.16. The Morgan fingerprint density at radius 1 is 0.812 bits per heavy atom. The van der Waals surface area contributed by atoms with Crippen LogP contribution in [0.4, 0.5) is 11.4 Å². The number of carbonyl (C=O) groups is 2. The number of hydrogen-bond donors (Lipinski definition) is 5. The van der Waals surface area contributed by atoms with Gasteiger partial charge in [0, 0.05) is 23.5 Å². The predicted molar refractivity (Wildman–Crippen MR) is 122 cm³/mol. The van der Waals surface area contributed by atoms with Gasteiger partial charge in [0.05, 0.1) is 4.90 Å². The zero-order valence-corrected chi connectivity index (χ0v) is 17.6. The molecule has 0 saturated carbocycles. The maximum absolute atomic E-state index is 12.6. The smallest absolute Gasteiger partial charge is 0.314 e. The molecule has 0 spiro atoms. The molecule has 2 amide bonds. The maximum Gasteiger partial charge on any atom is 0.314 e. The molecule has 0 atom stereocenters. The number of amidine groups is 1. The summed E-state index contributed by atoms with van der Waals surface area (Å²) in [6, 6.07) is 20.8. The second kappa shape index (κ2) is 9.86. The lowest BCUT2D eigenvalue weighted by Crippen LogP contribution is -2.29. The van der Waals surface area contributed by atoms with Crippen molar-refractivity contribution in [2.75, 3.05) is 10.6 Å². The van der Waals surface area contributed by atoms with E-state index in [0.29, 0.717) is 11.3 Å². The number of nitrogens with one attached hydrogen (secondary N) is 4. The molecular formula is C22H21N5O4S. The molecule has 0 aliphatic heterocycles. The molecule has 0 saturated heterocycles. The van der Waals surface area contributed by atoms with Crippen molar-refractivity contribution in [1.29, 1.82) is 5.41 Å². The van der Waals surface area contributed by atoms with E-state index in [1.807, 2.05) is 6.07 Å². The molecule has 0 fully saturated rings. The zero-order valence-electron chi connectivity index (χ0n) is 16.8. The lowest BCUT2D eigenvalue weighted by Gasteiger charge is -2.10. The third-order valence-electron chi connectivity index (χ3n) is 4.35. The van der Waals surface area contributed by atoms with Gasteiger partial charge >= 0.3 is 11.8 Å². The monoisotopic (exact) mass is 451 g/mol. The third kappa shape index (κ3) is 6.00. The first-order valence-electron chi connectivity index (χ1n) is 9.45. The van der Waals surface area contributed by atoms with Crippen molar-refractivity contribution >= 4 is 39.0 Å². The summed E-state index contributed by atoms with van der Waals surface area (Å²) in [4.78, 5) is 24.4. The van der Waals surface area contributed by atoms with E-state index in [1.54, 1.807) is 42.5 Å². The van der Waals surface area contributed by atoms with Crippen LogP contribution in [0, 0.1) is 5.41 Å². The highest BCUT2D eigenvalue weighted by atomic mass is 32.2. The van der Waals surface area contributed by atoms with Gasteiger partial charge in [0.15, 0.2) is 0 Å². The molecule has 0 aliphatic rings. The fourth-order valence-electron chi connectivity index (χ4n) is 2.74. The van der Waals surface area contributed by atoms with E-state index in [-0.39, 0.29) is 23.0 Å². The molecule has 164 valence electrons. The summed E-state index contributed by atoms with van der Waals surface area (Å²) in [7, 11) is -3.83. The molecule has 0 bridgehead atoms. The van der Waals surface area contributed by atoms with Gasteiger partial charge in [-0.2, -0.15) is 0 Å². The maximum atomic E-state index is 12.6. The highest BCUT2D eigenvalue weighted by molar-refractivity contribution is 7.89. The minimum absolute atomic E-state index is 0.0548. The summed E-state index contributed by atoms with van der Waals surface area (Å²) in [5.41, 5.74) is 7.04. The first kappa shape index (κ1) is 22.7. The van der Waals surface area contributed by atoms with E-state index >= 15 is 0 Å². The average molecular weight is 452 g/mol. The standard InChI is InChI=1S/C22H21N5O4S/c23-20(24)16-8-4-9-17(12-16)26-21(28)22(29)27-18-10-5-11-19(13-18)32(30,31)25-14-15-6-2-1-3-7-15/h1-13,25H,14H2,(H3,23,24)(H,26,28)(H,27,29). The van der Waals surface area contributed by atoms with Gasteiger partial charge in [-0.1, -0.05) is 48.5 Å². The molecule has 0 aromatic heterocycles. The Hall–Kier alpha value is -4.02. The first-order valence-corrected chi connectivity index (χ1v) is 10.9. The number of sulfonamides is 1. The normalized spacial score (nSPS) is 10.9. The Morgan fingerprint density at radius 3 is 2.03 bits per heavy atom. The van der Waals surface area contributed by atoms with Crippen molar-refractivity contribution in [2.24, 2.45) is 5.73 Å². The summed E-state index contributed by atoms with van der Waals surface area (Å²) in [5, 5.41) is 12.2. The summed E-state index contributed by atoms with van der Waals surface area (Å²) in [5.74, 6) is -2.12.